The fourth-order valence-corrected chi connectivity index (χ4v) is 7.99. The predicted molar refractivity (Wildman–Crippen MR) is 207 cm³/mol. The van der Waals surface area contributed by atoms with Crippen LogP contribution in [0.2, 0.25) is 0 Å². The summed E-state index contributed by atoms with van der Waals surface area (Å²) in [6.45, 7) is 7.37. The Labute approximate surface area is 319 Å². The molecule has 4 N–H and O–H groups in total. The molecule has 2 atom stereocenters. The van der Waals surface area contributed by atoms with Crippen LogP contribution in [0.5, 0.6) is 5.75 Å². The van der Waals surface area contributed by atoms with Crippen LogP contribution in [0.1, 0.15) is 80.3 Å². The Hall–Kier alpha value is -5.54. The molecule has 2 aromatic carbocycles. The first-order chi connectivity index (χ1) is 26.7. The summed E-state index contributed by atoms with van der Waals surface area (Å²) in [4.78, 5) is 47.1. The monoisotopic (exact) mass is 748 g/mol. The van der Waals surface area contributed by atoms with Crippen molar-refractivity contribution in [3.05, 3.63) is 78.4 Å². The summed E-state index contributed by atoms with van der Waals surface area (Å²) in [7, 11) is 0. The number of carbonyl (C=O) groups excluding carboxylic acids is 3. The van der Waals surface area contributed by atoms with Gasteiger partial charge in [0, 0.05) is 55.2 Å². The third-order valence-corrected chi connectivity index (χ3v) is 11.0. The number of nitrogens with zero attached hydrogens (tertiary/aromatic N) is 7. The highest BCUT2D eigenvalue weighted by atomic mass is 16.5. The van der Waals surface area contributed by atoms with E-state index in [1.165, 1.54) is 5.56 Å². The Morgan fingerprint density at radius 1 is 1.04 bits per heavy atom. The molecular weight excluding hydrogens is 701 g/mol. The molecule has 15 nitrogen and oxygen atoms in total. The summed E-state index contributed by atoms with van der Waals surface area (Å²) in [6, 6.07) is 13.7. The van der Waals surface area contributed by atoms with Crippen LogP contribution < -0.4 is 20.7 Å². The van der Waals surface area contributed by atoms with Crippen LogP contribution in [0.15, 0.2) is 67.3 Å². The van der Waals surface area contributed by atoms with Crippen molar-refractivity contribution in [2.24, 2.45) is 0 Å². The Morgan fingerprint density at radius 2 is 1.82 bits per heavy atom. The van der Waals surface area contributed by atoms with Crippen LogP contribution in [0, 0.1) is 0 Å². The van der Waals surface area contributed by atoms with E-state index in [1.54, 1.807) is 29.2 Å². The molecule has 3 aliphatic heterocycles. The number of benzene rings is 2. The number of hydrogen-bond acceptors (Lipinski definition) is 10. The van der Waals surface area contributed by atoms with Gasteiger partial charge in [-0.25, -0.2) is 9.50 Å². The lowest BCUT2D eigenvalue weighted by atomic mass is 9.89. The van der Waals surface area contributed by atoms with Gasteiger partial charge in [0.05, 0.1) is 42.0 Å². The minimum atomic E-state index is -0.887. The topological polar surface area (TPSA) is 171 Å². The first-order valence-corrected chi connectivity index (χ1v) is 19.3. The van der Waals surface area contributed by atoms with Gasteiger partial charge in [-0.15, -0.1) is 0 Å². The molecular formula is C40H48N10O5. The van der Waals surface area contributed by atoms with E-state index in [1.807, 2.05) is 53.9 Å². The summed E-state index contributed by atoms with van der Waals surface area (Å²) in [5.41, 5.74) is 4.42. The van der Waals surface area contributed by atoms with Gasteiger partial charge in [-0.3, -0.25) is 24.0 Å². The largest absolute Gasteiger partial charge is 0.490 e. The molecule has 0 radical (unpaired) electrons. The van der Waals surface area contributed by atoms with Crippen molar-refractivity contribution >= 4 is 45.6 Å². The van der Waals surface area contributed by atoms with E-state index in [0.29, 0.717) is 61.0 Å². The molecule has 0 spiro atoms. The van der Waals surface area contributed by atoms with Crippen molar-refractivity contribution in [1.82, 2.24) is 39.5 Å². The SMILES string of the molecule is CC(C)Oc1cc2nn(C3CCN(C(=O)CN4CCC(c5ccc(NC6CCC(=O)NC6O)cc5)CC4)CC3)cc2cc1C(=O)Nc1cnn2cccnc12. The van der Waals surface area contributed by atoms with Crippen molar-refractivity contribution in [1.29, 1.82) is 0 Å². The van der Waals surface area contributed by atoms with Crippen molar-refractivity contribution in [2.45, 2.75) is 82.7 Å². The molecule has 3 aliphatic rings. The van der Waals surface area contributed by atoms with Crippen molar-refractivity contribution in [3.63, 3.8) is 0 Å². The minimum Gasteiger partial charge on any atom is -0.490 e. The lowest BCUT2D eigenvalue weighted by molar-refractivity contribution is -0.134. The van der Waals surface area contributed by atoms with Crippen LogP contribution in [0.4, 0.5) is 11.4 Å². The zero-order valence-electron chi connectivity index (χ0n) is 31.2. The second kappa shape index (κ2) is 15.7. The first kappa shape index (κ1) is 36.4. The van der Waals surface area contributed by atoms with Gasteiger partial charge < -0.3 is 30.7 Å². The second-order valence-corrected chi connectivity index (χ2v) is 15.2. The third kappa shape index (κ3) is 8.13. The predicted octanol–water partition coefficient (Wildman–Crippen LogP) is 4.17. The van der Waals surface area contributed by atoms with Crippen LogP contribution in [-0.2, 0) is 9.59 Å². The molecule has 3 amide bonds. The van der Waals surface area contributed by atoms with E-state index in [-0.39, 0.29) is 35.9 Å². The Bertz CT molecular complexity index is 2170. The van der Waals surface area contributed by atoms with Gasteiger partial charge in [-0.05, 0) is 94.8 Å². The maximum atomic E-state index is 13.6. The number of aliphatic hydroxyl groups excluding tert-OH is 1. The molecule has 2 unspecified atom stereocenters. The number of aliphatic hydroxyl groups is 1. The molecule has 3 saturated heterocycles. The maximum absolute atomic E-state index is 13.6. The number of nitrogens with one attached hydrogen (secondary N) is 3. The minimum absolute atomic E-state index is 0.120. The highest BCUT2D eigenvalue weighted by molar-refractivity contribution is 6.09. The average molecular weight is 749 g/mol. The third-order valence-electron chi connectivity index (χ3n) is 11.0. The van der Waals surface area contributed by atoms with E-state index >= 15 is 0 Å². The van der Waals surface area contributed by atoms with Crippen molar-refractivity contribution < 1.29 is 24.2 Å². The van der Waals surface area contributed by atoms with E-state index in [0.717, 1.165) is 55.4 Å². The van der Waals surface area contributed by atoms with E-state index < -0.39 is 6.23 Å². The van der Waals surface area contributed by atoms with Gasteiger partial charge in [0.15, 0.2) is 5.65 Å². The number of anilines is 2. The van der Waals surface area contributed by atoms with E-state index in [4.69, 9.17) is 9.84 Å². The Kier molecular flexibility index (Phi) is 10.4. The number of likely N-dealkylation sites (tertiary alicyclic amines) is 2. The van der Waals surface area contributed by atoms with Gasteiger partial charge in [0.1, 0.15) is 17.7 Å². The number of amides is 3. The molecule has 0 bridgehead atoms. The summed E-state index contributed by atoms with van der Waals surface area (Å²) in [5.74, 6) is 0.629. The van der Waals surface area contributed by atoms with Gasteiger partial charge in [-0.2, -0.15) is 10.2 Å². The molecule has 288 valence electrons. The number of aromatic nitrogens is 5. The molecule has 15 heteroatoms. The molecule has 6 heterocycles. The van der Waals surface area contributed by atoms with E-state index in [9.17, 15) is 19.5 Å². The Balaban J connectivity index is 0.834. The number of ether oxygens (including phenoxy) is 1. The number of rotatable bonds is 10. The zero-order chi connectivity index (χ0) is 38.1. The zero-order valence-corrected chi connectivity index (χ0v) is 31.2. The lowest BCUT2D eigenvalue weighted by Crippen LogP contribution is -2.51. The highest BCUT2D eigenvalue weighted by Crippen LogP contribution is 2.32. The number of fused-ring (bicyclic) bond motifs is 2. The quantitative estimate of drug-likeness (QED) is 0.163. The standard InChI is InChI=1S/C40H48N10O5/c1-25(2)55-35-21-33-28(20-31(35)39(53)44-34-22-42-49-15-3-14-41-38(34)49)23-50(46-33)30-12-18-48(19-13-30)37(52)24-47-16-10-27(11-17-47)26-4-6-29(7-5-26)43-32-8-9-36(51)45-40(32)54/h3-7,14-15,20-23,25,27,30,32,40,43,54H,8-13,16-19,24H2,1-2H3,(H,44,53)(H,45,51). The second-order valence-electron chi connectivity index (χ2n) is 15.2. The fraction of sp³-hybridized carbons (Fsp3) is 0.450. The average Bonchev–Trinajstić information content (AvgIpc) is 3.80. The van der Waals surface area contributed by atoms with Crippen LogP contribution in [0.3, 0.4) is 0 Å². The molecule has 0 aliphatic carbocycles. The van der Waals surface area contributed by atoms with Gasteiger partial charge in [0.25, 0.3) is 5.91 Å². The molecule has 55 heavy (non-hydrogen) atoms. The van der Waals surface area contributed by atoms with Crippen molar-refractivity contribution in [3.8, 4) is 5.75 Å². The smallest absolute Gasteiger partial charge is 0.259 e. The molecule has 3 aromatic heterocycles. The summed E-state index contributed by atoms with van der Waals surface area (Å²) < 4.78 is 9.67. The number of hydrogen-bond donors (Lipinski definition) is 4. The summed E-state index contributed by atoms with van der Waals surface area (Å²) >= 11 is 0. The first-order valence-electron chi connectivity index (χ1n) is 19.3. The van der Waals surface area contributed by atoms with Gasteiger partial charge in [0.2, 0.25) is 11.8 Å². The summed E-state index contributed by atoms with van der Waals surface area (Å²) in [6.07, 6.45) is 10.5. The molecule has 8 rings (SSSR count). The van der Waals surface area contributed by atoms with E-state index in [2.05, 4.69) is 43.1 Å². The van der Waals surface area contributed by atoms with Crippen LogP contribution >= 0.6 is 0 Å². The number of carbonyl (C=O) groups is 3. The van der Waals surface area contributed by atoms with Crippen LogP contribution in [-0.4, -0.2) is 108 Å². The molecule has 5 aromatic rings. The highest BCUT2D eigenvalue weighted by Gasteiger charge is 2.29. The van der Waals surface area contributed by atoms with Gasteiger partial charge in [-0.1, -0.05) is 12.1 Å². The van der Waals surface area contributed by atoms with Gasteiger partial charge >= 0.3 is 0 Å². The van der Waals surface area contributed by atoms with Crippen molar-refractivity contribution in [2.75, 3.05) is 43.4 Å². The molecule has 0 saturated carbocycles. The maximum Gasteiger partial charge on any atom is 0.259 e. The molecule has 3 fully saturated rings. The normalized spacial score (nSPS) is 20.2. The lowest BCUT2D eigenvalue weighted by Gasteiger charge is -2.36. The fourth-order valence-electron chi connectivity index (χ4n) is 7.99. The number of piperidine rings is 3. The Morgan fingerprint density at radius 3 is 2.56 bits per heavy atom. The van der Waals surface area contributed by atoms with Crippen LogP contribution in [0.25, 0.3) is 16.6 Å². The summed E-state index contributed by atoms with van der Waals surface area (Å²) in [5, 5.41) is 29.0.